The highest BCUT2D eigenvalue weighted by molar-refractivity contribution is 5.05. The van der Waals surface area contributed by atoms with Crippen LogP contribution in [-0.2, 0) is 6.54 Å². The molecule has 1 aliphatic rings. The van der Waals surface area contributed by atoms with Gasteiger partial charge in [0, 0.05) is 19.1 Å². The lowest BCUT2D eigenvalue weighted by Gasteiger charge is -2.13. The van der Waals surface area contributed by atoms with Gasteiger partial charge < -0.3 is 9.73 Å². The predicted molar refractivity (Wildman–Crippen MR) is 56.2 cm³/mol. The molecule has 0 aliphatic carbocycles. The lowest BCUT2D eigenvalue weighted by atomic mass is 10.3. The number of hydrogen-bond donors (Lipinski definition) is 1. The van der Waals surface area contributed by atoms with Crippen LogP contribution in [0, 0.1) is 6.92 Å². The fourth-order valence-electron chi connectivity index (χ4n) is 2.00. The van der Waals surface area contributed by atoms with Crippen LogP contribution in [0.5, 0.6) is 0 Å². The molecule has 1 N–H and O–H groups in total. The minimum absolute atomic E-state index is 0.658. The number of nitrogens with one attached hydrogen (secondary N) is 1. The monoisotopic (exact) mass is 194 g/mol. The number of likely N-dealkylation sites (N-methyl/N-ethyl adjacent to an activating group) is 1. The number of hydrogen-bond acceptors (Lipinski definition) is 3. The van der Waals surface area contributed by atoms with Crippen LogP contribution in [-0.4, -0.2) is 31.1 Å². The van der Waals surface area contributed by atoms with Crippen LogP contribution in [0.25, 0.3) is 0 Å². The third kappa shape index (κ3) is 2.16. The summed E-state index contributed by atoms with van der Waals surface area (Å²) in [6.45, 7) is 5.25. The Morgan fingerprint density at radius 3 is 3.00 bits per heavy atom. The average molecular weight is 194 g/mol. The van der Waals surface area contributed by atoms with E-state index in [0.29, 0.717) is 6.04 Å². The van der Waals surface area contributed by atoms with Crippen molar-refractivity contribution in [2.45, 2.75) is 25.9 Å². The first-order valence-corrected chi connectivity index (χ1v) is 5.23. The molecule has 2 rings (SSSR count). The fraction of sp³-hybridized carbons (Fsp3) is 0.636. The second kappa shape index (κ2) is 4.15. The van der Waals surface area contributed by atoms with Gasteiger partial charge in [-0.15, -0.1) is 0 Å². The van der Waals surface area contributed by atoms with E-state index in [-0.39, 0.29) is 0 Å². The molecule has 0 radical (unpaired) electrons. The fourth-order valence-corrected chi connectivity index (χ4v) is 2.00. The van der Waals surface area contributed by atoms with Gasteiger partial charge in [0.05, 0.1) is 6.54 Å². The van der Waals surface area contributed by atoms with Gasteiger partial charge in [0.2, 0.25) is 0 Å². The first kappa shape index (κ1) is 9.74. The van der Waals surface area contributed by atoms with Gasteiger partial charge in [-0.2, -0.15) is 0 Å². The van der Waals surface area contributed by atoms with Gasteiger partial charge in [0.15, 0.2) is 0 Å². The van der Waals surface area contributed by atoms with Crippen molar-refractivity contribution in [3.8, 4) is 0 Å². The molecule has 1 aromatic rings. The minimum atomic E-state index is 0.658. The van der Waals surface area contributed by atoms with E-state index in [2.05, 4.69) is 16.3 Å². The van der Waals surface area contributed by atoms with Gasteiger partial charge in [0.25, 0.3) is 0 Å². The smallest absolute Gasteiger partial charge is 0.118 e. The second-order valence-corrected chi connectivity index (χ2v) is 4.02. The summed E-state index contributed by atoms with van der Waals surface area (Å²) in [6, 6.07) is 4.76. The molecule has 3 nitrogen and oxygen atoms in total. The van der Waals surface area contributed by atoms with Crippen LogP contribution in [0.4, 0.5) is 0 Å². The van der Waals surface area contributed by atoms with Crippen molar-refractivity contribution >= 4 is 0 Å². The Kier molecular flexibility index (Phi) is 2.89. The average Bonchev–Trinajstić information content (AvgIpc) is 2.76. The quantitative estimate of drug-likeness (QED) is 0.788. The van der Waals surface area contributed by atoms with Crippen molar-refractivity contribution in [2.24, 2.45) is 0 Å². The highest BCUT2D eigenvalue weighted by Gasteiger charge is 2.21. The molecule has 1 aromatic heterocycles. The lowest BCUT2D eigenvalue weighted by molar-refractivity contribution is 0.288. The Bertz CT molecular complexity index is 295. The normalized spacial score (nSPS) is 23.1. The summed E-state index contributed by atoms with van der Waals surface area (Å²) in [5.74, 6) is 2.09. The molecule has 14 heavy (non-hydrogen) atoms. The first-order valence-electron chi connectivity index (χ1n) is 5.23. The molecule has 3 heteroatoms. The van der Waals surface area contributed by atoms with Gasteiger partial charge in [-0.3, -0.25) is 4.90 Å². The maximum atomic E-state index is 5.55. The van der Waals surface area contributed by atoms with Crippen LogP contribution < -0.4 is 5.32 Å². The van der Waals surface area contributed by atoms with Crippen molar-refractivity contribution in [1.29, 1.82) is 0 Å². The van der Waals surface area contributed by atoms with E-state index in [1.165, 1.54) is 13.0 Å². The Labute approximate surface area is 85.1 Å². The Hall–Kier alpha value is -0.800. The van der Waals surface area contributed by atoms with Gasteiger partial charge >= 0.3 is 0 Å². The summed E-state index contributed by atoms with van der Waals surface area (Å²) in [4.78, 5) is 2.43. The zero-order chi connectivity index (χ0) is 9.97. The molecular weight excluding hydrogens is 176 g/mol. The zero-order valence-electron chi connectivity index (χ0n) is 8.92. The lowest BCUT2D eigenvalue weighted by Crippen LogP contribution is -2.29. The Balaban J connectivity index is 1.87. The van der Waals surface area contributed by atoms with Gasteiger partial charge in [-0.1, -0.05) is 0 Å². The van der Waals surface area contributed by atoms with Gasteiger partial charge in [-0.25, -0.2) is 0 Å². The maximum absolute atomic E-state index is 5.55. The molecular formula is C11H18N2O. The number of furan rings is 1. The summed E-state index contributed by atoms with van der Waals surface area (Å²) in [6.07, 6.45) is 1.25. The third-order valence-electron chi connectivity index (χ3n) is 2.86. The molecule has 0 spiro atoms. The van der Waals surface area contributed by atoms with E-state index in [4.69, 9.17) is 4.42 Å². The maximum Gasteiger partial charge on any atom is 0.118 e. The van der Waals surface area contributed by atoms with Crippen LogP contribution in [0.3, 0.4) is 0 Å². The third-order valence-corrected chi connectivity index (χ3v) is 2.86. The van der Waals surface area contributed by atoms with Crippen LogP contribution in [0.1, 0.15) is 17.9 Å². The van der Waals surface area contributed by atoms with Crippen molar-refractivity contribution in [3.63, 3.8) is 0 Å². The summed E-state index contributed by atoms with van der Waals surface area (Å²) < 4.78 is 5.55. The largest absolute Gasteiger partial charge is 0.465 e. The van der Waals surface area contributed by atoms with E-state index >= 15 is 0 Å². The molecule has 0 bridgehead atoms. The van der Waals surface area contributed by atoms with E-state index in [9.17, 15) is 0 Å². The van der Waals surface area contributed by atoms with E-state index in [0.717, 1.165) is 24.6 Å². The van der Waals surface area contributed by atoms with E-state index < -0.39 is 0 Å². The summed E-state index contributed by atoms with van der Waals surface area (Å²) in [5.41, 5.74) is 0. The molecule has 2 heterocycles. The molecule has 1 atom stereocenters. The molecule has 1 aliphatic heterocycles. The summed E-state index contributed by atoms with van der Waals surface area (Å²) >= 11 is 0. The first-order chi connectivity index (χ1) is 6.78. The number of nitrogens with zero attached hydrogens (tertiary/aromatic N) is 1. The molecule has 78 valence electrons. The standard InChI is InChI=1S/C11H18N2O/c1-9-3-4-11(14-9)8-13-6-5-10(7-13)12-2/h3-4,10,12H,5-8H2,1-2H3. The number of rotatable bonds is 3. The molecule has 0 saturated carbocycles. The van der Waals surface area contributed by atoms with Crippen molar-refractivity contribution < 1.29 is 4.42 Å². The SMILES string of the molecule is CNC1CCN(Cc2ccc(C)o2)C1. The van der Waals surface area contributed by atoms with Crippen LogP contribution in [0.2, 0.25) is 0 Å². The Morgan fingerprint density at radius 1 is 1.57 bits per heavy atom. The van der Waals surface area contributed by atoms with Gasteiger partial charge in [0.1, 0.15) is 11.5 Å². The second-order valence-electron chi connectivity index (χ2n) is 4.02. The van der Waals surface area contributed by atoms with E-state index in [1.54, 1.807) is 0 Å². The highest BCUT2D eigenvalue weighted by Crippen LogP contribution is 2.14. The van der Waals surface area contributed by atoms with Crippen LogP contribution >= 0.6 is 0 Å². The molecule has 0 amide bonds. The molecule has 1 saturated heterocycles. The van der Waals surface area contributed by atoms with Crippen molar-refractivity contribution in [1.82, 2.24) is 10.2 Å². The minimum Gasteiger partial charge on any atom is -0.465 e. The predicted octanol–water partition coefficient (Wildman–Crippen LogP) is 1.38. The summed E-state index contributed by atoms with van der Waals surface area (Å²) in [7, 11) is 2.03. The summed E-state index contributed by atoms with van der Waals surface area (Å²) in [5, 5.41) is 3.31. The van der Waals surface area contributed by atoms with Crippen LogP contribution in [0.15, 0.2) is 16.5 Å². The molecule has 1 unspecified atom stereocenters. The highest BCUT2D eigenvalue weighted by atomic mass is 16.3. The van der Waals surface area contributed by atoms with Crippen molar-refractivity contribution in [3.05, 3.63) is 23.7 Å². The Morgan fingerprint density at radius 2 is 2.43 bits per heavy atom. The zero-order valence-corrected chi connectivity index (χ0v) is 8.92. The molecule has 0 aromatic carbocycles. The number of likely N-dealkylation sites (tertiary alicyclic amines) is 1. The molecule has 1 fully saturated rings. The van der Waals surface area contributed by atoms with E-state index in [1.807, 2.05) is 20.0 Å². The topological polar surface area (TPSA) is 28.4 Å². The number of aryl methyl sites for hydroxylation is 1. The van der Waals surface area contributed by atoms with Crippen molar-refractivity contribution in [2.75, 3.05) is 20.1 Å². The van der Waals surface area contributed by atoms with Gasteiger partial charge in [-0.05, 0) is 32.5 Å².